The minimum Gasteiger partial charge on any atom is -0.198 e. The summed E-state index contributed by atoms with van der Waals surface area (Å²) in [5.41, 5.74) is 1.07. The first-order chi connectivity index (χ1) is 6.77. The smallest absolute Gasteiger partial charge is 0.0712 e. The minimum atomic E-state index is 0.0206. The van der Waals surface area contributed by atoms with Crippen LogP contribution in [-0.2, 0) is 0 Å². The molecule has 0 N–H and O–H groups in total. The zero-order chi connectivity index (χ0) is 10.4. The van der Waals surface area contributed by atoms with Gasteiger partial charge < -0.3 is 0 Å². The molecule has 0 saturated heterocycles. The molecule has 1 aromatic rings. The van der Waals surface area contributed by atoms with E-state index >= 15 is 0 Å². The monoisotopic (exact) mass is 207 g/mol. The lowest BCUT2D eigenvalue weighted by atomic mass is 9.95. The Kier molecular flexibility index (Phi) is 4.49. The second-order valence-electron chi connectivity index (χ2n) is 3.38. The van der Waals surface area contributed by atoms with E-state index in [0.717, 1.165) is 29.8 Å². The van der Waals surface area contributed by atoms with Gasteiger partial charge in [-0.3, -0.25) is 0 Å². The van der Waals surface area contributed by atoms with Crippen LogP contribution in [0.15, 0.2) is 24.3 Å². The van der Waals surface area contributed by atoms with Crippen molar-refractivity contribution in [2.75, 3.05) is 0 Å². The van der Waals surface area contributed by atoms with Crippen LogP contribution in [0.25, 0.3) is 0 Å². The Balaban J connectivity index is 2.70. The molecule has 0 aliphatic carbocycles. The van der Waals surface area contributed by atoms with Crippen LogP contribution in [-0.4, -0.2) is 0 Å². The molecule has 1 nitrogen and oxygen atoms in total. The third-order valence-electron chi connectivity index (χ3n) is 2.27. The molecule has 0 fully saturated rings. The largest absolute Gasteiger partial charge is 0.198 e. The Labute approximate surface area is 90.3 Å². The Morgan fingerprint density at radius 3 is 2.50 bits per heavy atom. The lowest BCUT2D eigenvalue weighted by Gasteiger charge is -2.08. The Morgan fingerprint density at radius 2 is 2.00 bits per heavy atom. The molecule has 0 aromatic heterocycles. The summed E-state index contributed by atoms with van der Waals surface area (Å²) in [4.78, 5) is 0. The normalized spacial score (nSPS) is 12.1. The van der Waals surface area contributed by atoms with E-state index in [1.165, 1.54) is 0 Å². The number of benzene rings is 1. The van der Waals surface area contributed by atoms with Crippen LogP contribution in [0.4, 0.5) is 0 Å². The van der Waals surface area contributed by atoms with Crippen LogP contribution in [0.1, 0.15) is 37.7 Å². The second-order valence-corrected chi connectivity index (χ2v) is 3.81. The molecule has 0 bridgehead atoms. The van der Waals surface area contributed by atoms with Gasteiger partial charge in [-0.15, -0.1) is 0 Å². The number of hydrogen-bond donors (Lipinski definition) is 0. The Hall–Kier alpha value is -1.00. The summed E-state index contributed by atoms with van der Waals surface area (Å²) in [6.07, 6.45) is 3.17. The molecule has 0 saturated carbocycles. The highest BCUT2D eigenvalue weighted by molar-refractivity contribution is 6.30. The van der Waals surface area contributed by atoms with Gasteiger partial charge in [0.05, 0.1) is 12.0 Å². The quantitative estimate of drug-likeness (QED) is 0.728. The maximum Gasteiger partial charge on any atom is 0.0712 e. The van der Waals surface area contributed by atoms with Crippen molar-refractivity contribution >= 4 is 11.6 Å². The molecule has 14 heavy (non-hydrogen) atoms. The van der Waals surface area contributed by atoms with E-state index in [4.69, 9.17) is 16.9 Å². The van der Waals surface area contributed by atoms with E-state index in [1.807, 2.05) is 24.3 Å². The first-order valence-corrected chi connectivity index (χ1v) is 5.30. The highest BCUT2D eigenvalue weighted by Gasteiger charge is 2.08. The summed E-state index contributed by atoms with van der Waals surface area (Å²) < 4.78 is 0. The maximum atomic E-state index is 8.99. The topological polar surface area (TPSA) is 23.8 Å². The molecule has 2 heteroatoms. The van der Waals surface area contributed by atoms with Gasteiger partial charge in [0.2, 0.25) is 0 Å². The molecular weight excluding hydrogens is 194 g/mol. The molecule has 0 aliphatic heterocycles. The average Bonchev–Trinajstić information content (AvgIpc) is 2.21. The highest BCUT2D eigenvalue weighted by atomic mass is 35.5. The van der Waals surface area contributed by atoms with Gasteiger partial charge in [-0.2, -0.15) is 5.26 Å². The summed E-state index contributed by atoms with van der Waals surface area (Å²) in [5, 5.41) is 9.72. The van der Waals surface area contributed by atoms with Crippen molar-refractivity contribution in [2.24, 2.45) is 0 Å². The highest BCUT2D eigenvalue weighted by Crippen LogP contribution is 2.22. The van der Waals surface area contributed by atoms with Crippen LogP contribution in [0.3, 0.4) is 0 Å². The molecule has 0 unspecified atom stereocenters. The Morgan fingerprint density at radius 1 is 1.36 bits per heavy atom. The molecule has 1 rings (SSSR count). The average molecular weight is 208 g/mol. The summed E-state index contributed by atoms with van der Waals surface area (Å²) in [7, 11) is 0. The third kappa shape index (κ3) is 3.05. The molecule has 0 radical (unpaired) electrons. The first-order valence-electron chi connectivity index (χ1n) is 4.93. The molecule has 0 aliphatic rings. The van der Waals surface area contributed by atoms with Gasteiger partial charge >= 0.3 is 0 Å². The van der Waals surface area contributed by atoms with Gasteiger partial charge in [-0.05, 0) is 24.1 Å². The summed E-state index contributed by atoms with van der Waals surface area (Å²) >= 11 is 5.78. The van der Waals surface area contributed by atoms with Crippen molar-refractivity contribution in [2.45, 2.75) is 32.1 Å². The number of hydrogen-bond acceptors (Lipinski definition) is 1. The van der Waals surface area contributed by atoms with Gasteiger partial charge in [0, 0.05) is 5.02 Å². The van der Waals surface area contributed by atoms with Gasteiger partial charge in [-0.1, -0.05) is 43.5 Å². The predicted molar refractivity (Wildman–Crippen MR) is 59.3 cm³/mol. The van der Waals surface area contributed by atoms with E-state index in [2.05, 4.69) is 13.0 Å². The maximum absolute atomic E-state index is 8.99. The molecular formula is C12H14ClN. The van der Waals surface area contributed by atoms with E-state index in [9.17, 15) is 0 Å². The van der Waals surface area contributed by atoms with Gasteiger partial charge in [0.1, 0.15) is 0 Å². The molecule has 0 amide bonds. The molecule has 1 aromatic carbocycles. The molecule has 74 valence electrons. The van der Waals surface area contributed by atoms with Crippen LogP contribution < -0.4 is 0 Å². The van der Waals surface area contributed by atoms with Gasteiger partial charge in [0.15, 0.2) is 0 Å². The zero-order valence-corrected chi connectivity index (χ0v) is 9.09. The van der Waals surface area contributed by atoms with Crippen molar-refractivity contribution in [1.29, 1.82) is 5.26 Å². The van der Waals surface area contributed by atoms with Crippen LogP contribution in [0.5, 0.6) is 0 Å². The predicted octanol–water partition coefficient (Wildman–Crippen LogP) is 4.14. The van der Waals surface area contributed by atoms with Gasteiger partial charge in [0.25, 0.3) is 0 Å². The van der Waals surface area contributed by atoms with E-state index in [1.54, 1.807) is 0 Å². The van der Waals surface area contributed by atoms with E-state index in [-0.39, 0.29) is 5.92 Å². The summed E-state index contributed by atoms with van der Waals surface area (Å²) in [5.74, 6) is 0.0206. The SMILES string of the molecule is CCCC[C@H](C#N)c1ccc(Cl)cc1. The number of rotatable bonds is 4. The van der Waals surface area contributed by atoms with Crippen molar-refractivity contribution < 1.29 is 0 Å². The number of nitrogens with zero attached hydrogens (tertiary/aromatic N) is 1. The van der Waals surface area contributed by atoms with Crippen LogP contribution >= 0.6 is 11.6 Å². The third-order valence-corrected chi connectivity index (χ3v) is 2.53. The fourth-order valence-electron chi connectivity index (χ4n) is 1.41. The first kappa shape index (κ1) is 11.1. The van der Waals surface area contributed by atoms with Crippen LogP contribution in [0.2, 0.25) is 5.02 Å². The molecule has 0 spiro atoms. The van der Waals surface area contributed by atoms with Crippen LogP contribution in [0, 0.1) is 11.3 Å². The lowest BCUT2D eigenvalue weighted by molar-refractivity contribution is 0.671. The zero-order valence-electron chi connectivity index (χ0n) is 8.33. The fourth-order valence-corrected chi connectivity index (χ4v) is 1.54. The molecule has 1 atom stereocenters. The minimum absolute atomic E-state index is 0.0206. The summed E-state index contributed by atoms with van der Waals surface area (Å²) in [6, 6.07) is 9.88. The standard InChI is InChI=1S/C12H14ClN/c1-2-3-4-11(9-14)10-5-7-12(13)8-6-10/h5-8,11H,2-4H2,1H3/t11-/m1/s1. The molecule has 0 heterocycles. The number of unbranched alkanes of at least 4 members (excludes halogenated alkanes) is 1. The summed E-state index contributed by atoms with van der Waals surface area (Å²) in [6.45, 7) is 2.14. The number of halogens is 1. The van der Waals surface area contributed by atoms with Crippen molar-refractivity contribution in [3.05, 3.63) is 34.9 Å². The Bertz CT molecular complexity index is 310. The lowest BCUT2D eigenvalue weighted by Crippen LogP contribution is -1.95. The second kappa shape index (κ2) is 5.67. The van der Waals surface area contributed by atoms with Crippen molar-refractivity contribution in [1.82, 2.24) is 0 Å². The van der Waals surface area contributed by atoms with Gasteiger partial charge in [-0.25, -0.2) is 0 Å². The fraction of sp³-hybridized carbons (Fsp3) is 0.417. The van der Waals surface area contributed by atoms with E-state index < -0.39 is 0 Å². The van der Waals surface area contributed by atoms with E-state index in [0.29, 0.717) is 0 Å². The van der Waals surface area contributed by atoms with Crippen molar-refractivity contribution in [3.63, 3.8) is 0 Å². The van der Waals surface area contributed by atoms with Crippen molar-refractivity contribution in [3.8, 4) is 6.07 Å². The number of nitriles is 1.